The third-order valence-electron chi connectivity index (χ3n) is 3.64. The molecule has 1 aliphatic heterocycles. The number of rotatable bonds is 3. The molecular formula is C18H15ClN2O2. The number of ether oxygens (including phenoxy) is 1. The fourth-order valence-corrected chi connectivity index (χ4v) is 2.82. The van der Waals surface area contributed by atoms with Crippen LogP contribution in [0.2, 0.25) is 5.02 Å². The van der Waals surface area contributed by atoms with E-state index in [0.29, 0.717) is 28.6 Å². The molecule has 0 aliphatic carbocycles. The Hall–Kier alpha value is -2.64. The molecule has 1 amide bonds. The summed E-state index contributed by atoms with van der Waals surface area (Å²) >= 11 is 6.00. The number of halogens is 1. The Morgan fingerprint density at radius 2 is 2.13 bits per heavy atom. The molecular weight excluding hydrogens is 312 g/mol. The van der Waals surface area contributed by atoms with Crippen molar-refractivity contribution in [1.29, 1.82) is 0 Å². The van der Waals surface area contributed by atoms with Gasteiger partial charge in [0.15, 0.2) is 6.10 Å². The Bertz CT molecular complexity index is 798. The van der Waals surface area contributed by atoms with Crippen molar-refractivity contribution >= 4 is 28.9 Å². The highest BCUT2D eigenvalue weighted by molar-refractivity contribution is 6.30. The summed E-state index contributed by atoms with van der Waals surface area (Å²) in [6.45, 7) is 0.186. The summed E-state index contributed by atoms with van der Waals surface area (Å²) in [6.07, 6.45) is 5.15. The van der Waals surface area contributed by atoms with Crippen molar-refractivity contribution in [2.45, 2.75) is 12.5 Å². The number of benzene rings is 2. The first kappa shape index (κ1) is 15.3. The highest BCUT2D eigenvalue weighted by Gasteiger charge is 2.34. The number of carbonyl (C=O) groups is 1. The summed E-state index contributed by atoms with van der Waals surface area (Å²) in [5, 5.41) is 0.621. The molecule has 0 spiro atoms. The van der Waals surface area contributed by atoms with Crippen molar-refractivity contribution in [2.24, 2.45) is 0 Å². The van der Waals surface area contributed by atoms with Gasteiger partial charge in [-0.2, -0.15) is 0 Å². The van der Waals surface area contributed by atoms with Crippen LogP contribution >= 0.6 is 11.6 Å². The van der Waals surface area contributed by atoms with Crippen LogP contribution in [0.25, 0.3) is 0 Å². The summed E-state index contributed by atoms with van der Waals surface area (Å²) in [5.41, 5.74) is 7.95. The van der Waals surface area contributed by atoms with E-state index in [9.17, 15) is 4.79 Å². The zero-order valence-electron chi connectivity index (χ0n) is 12.3. The molecule has 1 aliphatic rings. The Morgan fingerprint density at radius 1 is 1.30 bits per heavy atom. The van der Waals surface area contributed by atoms with Crippen molar-refractivity contribution in [2.75, 3.05) is 17.2 Å². The van der Waals surface area contributed by atoms with Crippen LogP contribution < -0.4 is 15.4 Å². The van der Waals surface area contributed by atoms with Crippen molar-refractivity contribution in [3.05, 3.63) is 53.1 Å². The second kappa shape index (κ2) is 6.23. The molecule has 0 saturated heterocycles. The van der Waals surface area contributed by atoms with E-state index in [1.54, 1.807) is 29.2 Å². The summed E-state index contributed by atoms with van der Waals surface area (Å²) in [5.74, 6) is 2.91. The van der Waals surface area contributed by atoms with E-state index in [4.69, 9.17) is 28.5 Å². The third-order valence-corrected chi connectivity index (χ3v) is 3.88. The first-order chi connectivity index (χ1) is 11.1. The van der Waals surface area contributed by atoms with Gasteiger partial charge in [0.25, 0.3) is 5.91 Å². The summed E-state index contributed by atoms with van der Waals surface area (Å²) in [4.78, 5) is 14.2. The van der Waals surface area contributed by atoms with Crippen LogP contribution in [0.5, 0.6) is 5.75 Å². The van der Waals surface area contributed by atoms with E-state index in [2.05, 4.69) is 5.92 Å². The molecule has 3 rings (SSSR count). The van der Waals surface area contributed by atoms with Gasteiger partial charge in [0.2, 0.25) is 0 Å². The Kier molecular flexibility index (Phi) is 4.14. The summed E-state index contributed by atoms with van der Waals surface area (Å²) in [6, 6.07) is 12.5. The van der Waals surface area contributed by atoms with Crippen LogP contribution in [0.3, 0.4) is 0 Å². The number of nitrogens with zero attached hydrogens (tertiary/aromatic N) is 1. The normalized spacial score (nSPS) is 16.4. The molecule has 0 saturated carbocycles. The van der Waals surface area contributed by atoms with Crippen LogP contribution in [-0.2, 0) is 11.2 Å². The third kappa shape index (κ3) is 3.10. The molecule has 1 heterocycles. The van der Waals surface area contributed by atoms with Crippen molar-refractivity contribution in [3.8, 4) is 18.1 Å². The lowest BCUT2D eigenvalue weighted by Crippen LogP contribution is -2.47. The monoisotopic (exact) mass is 326 g/mol. The van der Waals surface area contributed by atoms with Gasteiger partial charge in [0.05, 0.1) is 12.2 Å². The van der Waals surface area contributed by atoms with E-state index in [1.807, 2.05) is 18.2 Å². The van der Waals surface area contributed by atoms with Gasteiger partial charge in [-0.3, -0.25) is 9.69 Å². The molecule has 4 nitrogen and oxygen atoms in total. The lowest BCUT2D eigenvalue weighted by atomic mass is 10.0. The van der Waals surface area contributed by atoms with Gasteiger partial charge >= 0.3 is 0 Å². The van der Waals surface area contributed by atoms with Gasteiger partial charge in [-0.25, -0.2) is 0 Å². The average molecular weight is 327 g/mol. The van der Waals surface area contributed by atoms with Crippen molar-refractivity contribution in [3.63, 3.8) is 0 Å². The Morgan fingerprint density at radius 3 is 2.87 bits per heavy atom. The van der Waals surface area contributed by atoms with Crippen LogP contribution in [0, 0.1) is 12.3 Å². The fraction of sp³-hybridized carbons (Fsp3) is 0.167. The highest BCUT2D eigenvalue weighted by atomic mass is 35.5. The van der Waals surface area contributed by atoms with Crippen LogP contribution in [-0.4, -0.2) is 18.6 Å². The van der Waals surface area contributed by atoms with Gasteiger partial charge in [0, 0.05) is 23.2 Å². The SMILES string of the molecule is C#CCN1C(=O)C(Cc2cccc(Cl)c2)Oc2cc(N)ccc21. The molecule has 0 bridgehead atoms. The molecule has 23 heavy (non-hydrogen) atoms. The topological polar surface area (TPSA) is 55.6 Å². The molecule has 5 heteroatoms. The number of carbonyl (C=O) groups excluding carboxylic acids is 1. The maximum atomic E-state index is 12.7. The molecule has 0 fully saturated rings. The lowest BCUT2D eigenvalue weighted by Gasteiger charge is -2.33. The average Bonchev–Trinajstić information content (AvgIpc) is 2.51. The van der Waals surface area contributed by atoms with Crippen LogP contribution in [0.4, 0.5) is 11.4 Å². The fourth-order valence-electron chi connectivity index (χ4n) is 2.61. The number of hydrogen-bond donors (Lipinski definition) is 1. The lowest BCUT2D eigenvalue weighted by molar-refractivity contribution is -0.126. The number of fused-ring (bicyclic) bond motifs is 1. The van der Waals surface area contributed by atoms with E-state index in [-0.39, 0.29) is 12.5 Å². The minimum Gasteiger partial charge on any atom is -0.478 e. The van der Waals surface area contributed by atoms with E-state index in [1.165, 1.54) is 0 Å². The summed E-state index contributed by atoms with van der Waals surface area (Å²) < 4.78 is 5.86. The molecule has 2 aromatic rings. The van der Waals surface area contributed by atoms with Gasteiger partial charge in [-0.05, 0) is 29.8 Å². The molecule has 0 radical (unpaired) electrons. The highest BCUT2D eigenvalue weighted by Crippen LogP contribution is 2.36. The minimum absolute atomic E-state index is 0.166. The van der Waals surface area contributed by atoms with Crippen molar-refractivity contribution in [1.82, 2.24) is 0 Å². The van der Waals surface area contributed by atoms with Gasteiger partial charge < -0.3 is 10.5 Å². The number of anilines is 2. The van der Waals surface area contributed by atoms with Crippen molar-refractivity contribution < 1.29 is 9.53 Å². The second-order valence-electron chi connectivity index (χ2n) is 5.30. The van der Waals surface area contributed by atoms with Crippen LogP contribution in [0.1, 0.15) is 5.56 Å². The van der Waals surface area contributed by atoms with Gasteiger partial charge in [0.1, 0.15) is 5.75 Å². The first-order valence-electron chi connectivity index (χ1n) is 7.14. The number of nitrogens with two attached hydrogens (primary N) is 1. The standard InChI is InChI=1S/C18H15ClN2O2/c1-2-8-21-15-7-6-14(20)11-16(15)23-17(18(21)22)10-12-4-3-5-13(19)9-12/h1,3-7,9,11,17H,8,10,20H2. The molecule has 1 unspecified atom stereocenters. The van der Waals surface area contributed by atoms with E-state index >= 15 is 0 Å². The number of hydrogen-bond acceptors (Lipinski definition) is 3. The Labute approximate surface area is 139 Å². The molecule has 2 aromatic carbocycles. The first-order valence-corrected chi connectivity index (χ1v) is 7.52. The quantitative estimate of drug-likeness (QED) is 0.697. The van der Waals surface area contributed by atoms with Gasteiger partial charge in [-0.1, -0.05) is 29.7 Å². The predicted octanol–water partition coefficient (Wildman–Crippen LogP) is 2.89. The maximum absolute atomic E-state index is 12.7. The molecule has 116 valence electrons. The van der Waals surface area contributed by atoms with E-state index < -0.39 is 6.10 Å². The summed E-state index contributed by atoms with van der Waals surface area (Å²) in [7, 11) is 0. The van der Waals surface area contributed by atoms with E-state index in [0.717, 1.165) is 5.56 Å². The zero-order chi connectivity index (χ0) is 16.4. The number of amides is 1. The smallest absolute Gasteiger partial charge is 0.269 e. The largest absolute Gasteiger partial charge is 0.478 e. The molecule has 0 aromatic heterocycles. The predicted molar refractivity (Wildman–Crippen MR) is 91.6 cm³/mol. The number of nitrogen functional groups attached to an aromatic ring is 1. The molecule has 2 N–H and O–H groups in total. The molecule has 1 atom stereocenters. The zero-order valence-corrected chi connectivity index (χ0v) is 13.1. The maximum Gasteiger partial charge on any atom is 0.269 e. The van der Waals surface area contributed by atoms with Gasteiger partial charge in [-0.15, -0.1) is 6.42 Å². The Balaban J connectivity index is 1.93. The van der Waals surface area contributed by atoms with Crippen LogP contribution in [0.15, 0.2) is 42.5 Å². The minimum atomic E-state index is -0.656. The second-order valence-corrected chi connectivity index (χ2v) is 5.73. The number of terminal acetylenes is 1.